The lowest BCUT2D eigenvalue weighted by atomic mass is 9.88. The van der Waals surface area contributed by atoms with Crippen molar-refractivity contribution >= 4 is 43.5 Å². The predicted molar refractivity (Wildman–Crippen MR) is 190 cm³/mol. The number of nitrogens with zero attached hydrogens (tertiary/aromatic N) is 3. The molecule has 1 aliphatic carbocycles. The standard InChI is InChI=1S/C43H27N3/c1-3-13-27(14-4-1)40-31-18-8-7-17-30(31)35-25-29-23-24-39-41(34(29)26-36(35)40)33-20-10-12-22-38(33)46(39)43-44-37-21-11-9-19-32(37)42(45-43)28-15-5-2-6-16-28/h1-26,40H. The molecule has 1 unspecified atom stereocenters. The maximum Gasteiger partial charge on any atom is 0.235 e. The van der Waals surface area contributed by atoms with E-state index in [1.807, 2.05) is 6.07 Å². The average molecular weight is 586 g/mol. The van der Waals surface area contributed by atoms with Crippen molar-refractivity contribution in [1.29, 1.82) is 0 Å². The number of hydrogen-bond donors (Lipinski definition) is 0. The number of fused-ring (bicyclic) bond motifs is 9. The maximum atomic E-state index is 5.28. The third-order valence-electron chi connectivity index (χ3n) is 9.67. The zero-order valence-electron chi connectivity index (χ0n) is 24.9. The summed E-state index contributed by atoms with van der Waals surface area (Å²) < 4.78 is 2.25. The Bertz CT molecular complexity index is 2630. The molecule has 0 N–H and O–H groups in total. The van der Waals surface area contributed by atoms with Crippen LogP contribution < -0.4 is 0 Å². The van der Waals surface area contributed by atoms with Gasteiger partial charge in [-0.05, 0) is 68.9 Å². The van der Waals surface area contributed by atoms with Crippen molar-refractivity contribution in [3.63, 3.8) is 0 Å². The molecule has 0 spiro atoms. The van der Waals surface area contributed by atoms with Gasteiger partial charge in [-0.2, -0.15) is 0 Å². The molecule has 0 fully saturated rings. The Morgan fingerprint density at radius 1 is 0.478 bits per heavy atom. The summed E-state index contributed by atoms with van der Waals surface area (Å²) in [6, 6.07) is 56.6. The Kier molecular flexibility index (Phi) is 5.34. The van der Waals surface area contributed by atoms with Gasteiger partial charge < -0.3 is 0 Å². The van der Waals surface area contributed by atoms with E-state index in [1.165, 1.54) is 49.4 Å². The van der Waals surface area contributed by atoms with Gasteiger partial charge in [0.15, 0.2) is 0 Å². The van der Waals surface area contributed by atoms with Crippen molar-refractivity contribution < 1.29 is 0 Å². The van der Waals surface area contributed by atoms with Crippen LogP contribution in [-0.4, -0.2) is 14.5 Å². The van der Waals surface area contributed by atoms with Gasteiger partial charge >= 0.3 is 0 Å². The van der Waals surface area contributed by atoms with Crippen LogP contribution in [0.15, 0.2) is 158 Å². The van der Waals surface area contributed by atoms with Crippen LogP contribution in [-0.2, 0) is 0 Å². The molecule has 0 saturated carbocycles. The molecule has 46 heavy (non-hydrogen) atoms. The van der Waals surface area contributed by atoms with Crippen molar-refractivity contribution in [1.82, 2.24) is 14.5 Å². The van der Waals surface area contributed by atoms with Gasteiger partial charge in [-0.1, -0.05) is 127 Å². The van der Waals surface area contributed by atoms with Crippen LogP contribution in [0.4, 0.5) is 0 Å². The van der Waals surface area contributed by atoms with E-state index in [1.54, 1.807) is 0 Å². The number of hydrogen-bond acceptors (Lipinski definition) is 2. The van der Waals surface area contributed by atoms with Crippen molar-refractivity contribution in [2.45, 2.75) is 5.92 Å². The summed E-state index contributed by atoms with van der Waals surface area (Å²) in [5, 5.41) is 5.97. The lowest BCUT2D eigenvalue weighted by Crippen LogP contribution is -2.03. The molecular weight excluding hydrogens is 558 g/mol. The Morgan fingerprint density at radius 2 is 1.20 bits per heavy atom. The van der Waals surface area contributed by atoms with E-state index in [9.17, 15) is 0 Å². The van der Waals surface area contributed by atoms with Gasteiger partial charge in [-0.15, -0.1) is 0 Å². The first-order chi connectivity index (χ1) is 22.8. The highest BCUT2D eigenvalue weighted by Gasteiger charge is 2.30. The van der Waals surface area contributed by atoms with Gasteiger partial charge in [0, 0.05) is 27.6 Å². The van der Waals surface area contributed by atoms with Gasteiger partial charge in [0.1, 0.15) is 0 Å². The van der Waals surface area contributed by atoms with Crippen LogP contribution in [0.25, 0.3) is 71.8 Å². The van der Waals surface area contributed by atoms with Crippen LogP contribution in [0.1, 0.15) is 22.6 Å². The van der Waals surface area contributed by atoms with Crippen LogP contribution in [0.3, 0.4) is 0 Å². The Hall–Kier alpha value is -6.06. The average Bonchev–Trinajstić information content (AvgIpc) is 3.63. The summed E-state index contributed by atoms with van der Waals surface area (Å²) in [7, 11) is 0. The first-order valence-electron chi connectivity index (χ1n) is 15.8. The molecule has 0 aliphatic heterocycles. The molecule has 0 saturated heterocycles. The smallest absolute Gasteiger partial charge is 0.235 e. The van der Waals surface area contributed by atoms with Gasteiger partial charge in [-0.3, -0.25) is 4.57 Å². The summed E-state index contributed by atoms with van der Waals surface area (Å²) in [4.78, 5) is 10.5. The van der Waals surface area contributed by atoms with Crippen molar-refractivity contribution in [3.8, 4) is 28.3 Å². The highest BCUT2D eigenvalue weighted by Crippen LogP contribution is 2.50. The number of benzene rings is 7. The minimum atomic E-state index is 0.192. The first-order valence-corrected chi connectivity index (χ1v) is 15.8. The second kappa shape index (κ2) is 9.72. The van der Waals surface area contributed by atoms with Gasteiger partial charge in [-0.25, -0.2) is 9.97 Å². The molecule has 1 aliphatic rings. The Labute approximate surface area is 266 Å². The monoisotopic (exact) mass is 585 g/mol. The summed E-state index contributed by atoms with van der Waals surface area (Å²) in [6.45, 7) is 0. The van der Waals surface area contributed by atoms with Gasteiger partial charge in [0.05, 0.1) is 22.2 Å². The van der Waals surface area contributed by atoms with E-state index < -0.39 is 0 Å². The zero-order chi connectivity index (χ0) is 30.2. The Balaban J connectivity index is 1.29. The molecule has 9 aromatic rings. The van der Waals surface area contributed by atoms with Gasteiger partial charge in [0.25, 0.3) is 0 Å². The van der Waals surface area contributed by atoms with Crippen molar-refractivity contribution in [3.05, 3.63) is 174 Å². The minimum absolute atomic E-state index is 0.192. The lowest BCUT2D eigenvalue weighted by Gasteiger charge is -2.15. The van der Waals surface area contributed by atoms with Crippen LogP contribution in [0.5, 0.6) is 0 Å². The SMILES string of the molecule is c1ccc(-c2nc(-n3c4ccccc4c4c5cc6c(cc5ccc43)-c3ccccc3C6c3ccccc3)nc3ccccc23)cc1. The number of aromatic nitrogens is 3. The molecule has 0 bridgehead atoms. The van der Waals surface area contributed by atoms with E-state index >= 15 is 0 Å². The molecule has 1 atom stereocenters. The molecule has 2 aromatic heterocycles. The summed E-state index contributed by atoms with van der Waals surface area (Å²) in [5.41, 5.74) is 11.9. The summed E-state index contributed by atoms with van der Waals surface area (Å²) in [5.74, 6) is 0.872. The quantitative estimate of drug-likeness (QED) is 0.206. The topological polar surface area (TPSA) is 30.7 Å². The number of rotatable bonds is 3. The van der Waals surface area contributed by atoms with Crippen LogP contribution in [0, 0.1) is 0 Å². The largest absolute Gasteiger partial charge is 0.278 e. The third kappa shape index (κ3) is 3.60. The molecular formula is C43H27N3. The fraction of sp³-hybridized carbons (Fsp3) is 0.0233. The highest BCUT2D eigenvalue weighted by molar-refractivity contribution is 6.22. The molecule has 7 aromatic carbocycles. The fourth-order valence-corrected chi connectivity index (χ4v) is 7.69. The normalized spacial score (nSPS) is 13.9. The van der Waals surface area contributed by atoms with Crippen LogP contribution in [0.2, 0.25) is 0 Å². The lowest BCUT2D eigenvalue weighted by molar-refractivity contribution is 1.01. The van der Waals surface area contributed by atoms with Crippen molar-refractivity contribution in [2.24, 2.45) is 0 Å². The first kappa shape index (κ1) is 25.3. The Morgan fingerprint density at radius 3 is 2.07 bits per heavy atom. The van der Waals surface area contributed by atoms with E-state index in [4.69, 9.17) is 9.97 Å². The van der Waals surface area contributed by atoms with E-state index in [-0.39, 0.29) is 5.92 Å². The maximum absolute atomic E-state index is 5.28. The van der Waals surface area contributed by atoms with E-state index in [2.05, 4.69) is 156 Å². The van der Waals surface area contributed by atoms with Crippen molar-refractivity contribution in [2.75, 3.05) is 0 Å². The summed E-state index contributed by atoms with van der Waals surface area (Å²) >= 11 is 0. The third-order valence-corrected chi connectivity index (χ3v) is 9.67. The second-order valence-electron chi connectivity index (χ2n) is 12.2. The molecule has 214 valence electrons. The molecule has 3 nitrogen and oxygen atoms in total. The predicted octanol–water partition coefficient (Wildman–Crippen LogP) is 10.7. The molecule has 3 heteroatoms. The number of para-hydroxylation sites is 2. The fourth-order valence-electron chi connectivity index (χ4n) is 7.69. The van der Waals surface area contributed by atoms with Crippen LogP contribution >= 0.6 is 0 Å². The summed E-state index contributed by atoms with van der Waals surface area (Å²) in [6.07, 6.45) is 0. The zero-order valence-corrected chi connectivity index (χ0v) is 24.9. The minimum Gasteiger partial charge on any atom is -0.278 e. The van der Waals surface area contributed by atoms with E-state index in [0.717, 1.165) is 33.2 Å². The molecule has 2 heterocycles. The second-order valence-corrected chi connectivity index (χ2v) is 12.2. The molecule has 0 amide bonds. The highest BCUT2D eigenvalue weighted by atomic mass is 15.2. The molecule has 10 rings (SSSR count). The van der Waals surface area contributed by atoms with Gasteiger partial charge in [0.2, 0.25) is 5.95 Å². The molecule has 0 radical (unpaired) electrons. The van der Waals surface area contributed by atoms with E-state index in [0.29, 0.717) is 5.95 Å².